The van der Waals surface area contributed by atoms with Gasteiger partial charge in [-0.3, -0.25) is 9.48 Å². The number of nitrogens with two attached hydrogens (primary N) is 1. The van der Waals surface area contributed by atoms with E-state index in [0.29, 0.717) is 22.1 Å². The first-order valence-electron chi connectivity index (χ1n) is 11.3. The van der Waals surface area contributed by atoms with Gasteiger partial charge in [0.05, 0.1) is 29.4 Å². The van der Waals surface area contributed by atoms with Crippen molar-refractivity contribution in [2.24, 2.45) is 5.14 Å². The molecule has 1 atom stereocenters. The largest absolute Gasteiger partial charge is 0.483 e. The highest BCUT2D eigenvalue weighted by Gasteiger charge is 2.24. The highest BCUT2D eigenvalue weighted by atomic mass is 35.5. The van der Waals surface area contributed by atoms with Crippen molar-refractivity contribution in [3.05, 3.63) is 68.7 Å². The summed E-state index contributed by atoms with van der Waals surface area (Å²) in [6.45, 7) is 5.25. The van der Waals surface area contributed by atoms with Crippen LogP contribution in [0.1, 0.15) is 29.7 Å². The Bertz CT molecular complexity index is 1830. The first-order chi connectivity index (χ1) is 17.6. The Morgan fingerprint density at radius 1 is 1.18 bits per heavy atom. The zero-order valence-corrected chi connectivity index (χ0v) is 23.3. The fraction of sp³-hybridized carbons (Fsp3) is 0.292. The van der Waals surface area contributed by atoms with Gasteiger partial charge in [0.15, 0.2) is 11.2 Å². The lowest BCUT2D eigenvalue weighted by atomic mass is 10.0. The number of rotatable bonds is 8. The quantitative estimate of drug-likeness (QED) is 0.308. The summed E-state index contributed by atoms with van der Waals surface area (Å²) in [5.74, 6) is 0.0669. The van der Waals surface area contributed by atoms with Crippen molar-refractivity contribution in [3.63, 3.8) is 0 Å². The van der Waals surface area contributed by atoms with Gasteiger partial charge in [-0.25, -0.2) is 27.0 Å². The molecule has 0 unspecified atom stereocenters. The van der Waals surface area contributed by atoms with Crippen LogP contribution in [-0.4, -0.2) is 43.6 Å². The molecule has 3 heterocycles. The van der Waals surface area contributed by atoms with Crippen LogP contribution >= 0.6 is 11.6 Å². The Hall–Kier alpha value is -3.26. The molecule has 202 valence electrons. The average Bonchev–Trinajstić information content (AvgIpc) is 3.29. The van der Waals surface area contributed by atoms with Gasteiger partial charge in [0.1, 0.15) is 32.4 Å². The van der Waals surface area contributed by atoms with E-state index in [-0.39, 0.29) is 40.0 Å². The van der Waals surface area contributed by atoms with E-state index in [0.717, 1.165) is 11.8 Å². The van der Waals surface area contributed by atoms with Crippen molar-refractivity contribution in [1.82, 2.24) is 14.8 Å². The molecule has 4 aromatic rings. The minimum atomic E-state index is -4.24. The van der Waals surface area contributed by atoms with Gasteiger partial charge in [-0.05, 0) is 50.6 Å². The van der Waals surface area contributed by atoms with Crippen LogP contribution in [0, 0.1) is 13.8 Å². The standard InChI is InChI=1S/C24H25ClN4O7S2/c1-13-9-17(15(3)35-19-5-6-20(25)28-24(19)38(26,33)34)23-18(10-13)21(30)14(2)22(36-23)16-11-27-29(12-16)7-8-37(4,31)32/h5-6,9-12,15H,7-8H2,1-4H3,(H2,26,33,34)/t15-/m1/s1. The fourth-order valence-electron chi connectivity index (χ4n) is 3.96. The molecule has 0 fully saturated rings. The second kappa shape index (κ2) is 10.1. The van der Waals surface area contributed by atoms with Crippen molar-refractivity contribution in [2.45, 2.75) is 38.4 Å². The summed E-state index contributed by atoms with van der Waals surface area (Å²) in [4.78, 5) is 17.2. The maximum Gasteiger partial charge on any atom is 0.259 e. The van der Waals surface area contributed by atoms with E-state index in [1.165, 1.54) is 23.0 Å². The lowest BCUT2D eigenvalue weighted by molar-refractivity contribution is 0.219. The Morgan fingerprint density at radius 3 is 2.55 bits per heavy atom. The number of sulfone groups is 1. The van der Waals surface area contributed by atoms with E-state index in [4.69, 9.17) is 25.9 Å². The van der Waals surface area contributed by atoms with E-state index in [1.54, 1.807) is 32.2 Å². The molecule has 1 aromatic carbocycles. The molecule has 0 radical (unpaired) electrons. The SMILES string of the molecule is Cc1cc([C@@H](C)Oc2ccc(Cl)nc2S(N)(=O)=O)c2oc(-c3cnn(CCS(C)(=O)=O)c3)c(C)c(=O)c2c1. The number of aryl methyl sites for hydroxylation is 2. The summed E-state index contributed by atoms with van der Waals surface area (Å²) in [5, 5.41) is 9.22. The van der Waals surface area contributed by atoms with Crippen molar-refractivity contribution >= 4 is 42.4 Å². The van der Waals surface area contributed by atoms with E-state index in [2.05, 4.69) is 10.1 Å². The molecule has 38 heavy (non-hydrogen) atoms. The van der Waals surface area contributed by atoms with Gasteiger partial charge >= 0.3 is 0 Å². The van der Waals surface area contributed by atoms with Gasteiger partial charge in [-0.2, -0.15) is 5.10 Å². The smallest absolute Gasteiger partial charge is 0.259 e. The number of ether oxygens (including phenoxy) is 1. The molecule has 3 aromatic heterocycles. The van der Waals surface area contributed by atoms with Gasteiger partial charge in [-0.1, -0.05) is 11.6 Å². The molecule has 4 rings (SSSR count). The molecule has 0 amide bonds. The monoisotopic (exact) mass is 580 g/mol. The molecule has 0 saturated heterocycles. The van der Waals surface area contributed by atoms with E-state index < -0.39 is 31.0 Å². The lowest BCUT2D eigenvalue weighted by Gasteiger charge is -2.19. The van der Waals surface area contributed by atoms with E-state index in [1.807, 2.05) is 6.92 Å². The Kier molecular flexibility index (Phi) is 7.40. The third-order valence-electron chi connectivity index (χ3n) is 5.78. The molecular weight excluding hydrogens is 556 g/mol. The fourth-order valence-corrected chi connectivity index (χ4v) is 5.30. The van der Waals surface area contributed by atoms with E-state index in [9.17, 15) is 21.6 Å². The number of sulfonamides is 1. The number of pyridine rings is 1. The zero-order chi connectivity index (χ0) is 28.0. The number of primary sulfonamides is 1. The van der Waals surface area contributed by atoms with Crippen LogP contribution in [0.25, 0.3) is 22.3 Å². The van der Waals surface area contributed by atoms with Crippen LogP contribution in [0.5, 0.6) is 5.75 Å². The molecule has 11 nitrogen and oxygen atoms in total. The summed E-state index contributed by atoms with van der Waals surface area (Å²) < 4.78 is 60.8. The average molecular weight is 581 g/mol. The van der Waals surface area contributed by atoms with E-state index >= 15 is 0 Å². The van der Waals surface area contributed by atoms with Crippen LogP contribution in [0.4, 0.5) is 0 Å². The number of benzene rings is 1. The second-order valence-corrected chi connectivity index (χ2v) is 13.1. The predicted molar refractivity (Wildman–Crippen MR) is 143 cm³/mol. The maximum absolute atomic E-state index is 13.4. The molecule has 0 saturated carbocycles. The van der Waals surface area contributed by atoms with Gasteiger partial charge < -0.3 is 9.15 Å². The minimum absolute atomic E-state index is 0.0711. The van der Waals surface area contributed by atoms with Gasteiger partial charge in [0, 0.05) is 23.6 Å². The Balaban J connectivity index is 1.81. The first-order valence-corrected chi connectivity index (χ1v) is 15.3. The number of aromatic nitrogens is 3. The maximum atomic E-state index is 13.4. The molecular formula is C24H25ClN4O7S2. The molecule has 0 bridgehead atoms. The number of fused-ring (bicyclic) bond motifs is 1. The van der Waals surface area contributed by atoms with Crippen molar-refractivity contribution in [1.29, 1.82) is 0 Å². The van der Waals surface area contributed by atoms with Crippen molar-refractivity contribution < 1.29 is 26.0 Å². The van der Waals surface area contributed by atoms with Crippen LogP contribution in [-0.2, 0) is 26.4 Å². The van der Waals surface area contributed by atoms with Gasteiger partial charge in [0.25, 0.3) is 10.0 Å². The molecule has 0 spiro atoms. The summed E-state index contributed by atoms with van der Waals surface area (Å²) in [6.07, 6.45) is 3.44. The normalized spacial score (nSPS) is 13.1. The number of hydrogen-bond acceptors (Lipinski definition) is 9. The number of hydrogen-bond donors (Lipinski definition) is 1. The number of nitrogens with zero attached hydrogens (tertiary/aromatic N) is 3. The summed E-state index contributed by atoms with van der Waals surface area (Å²) in [6, 6.07) is 6.18. The molecule has 2 N–H and O–H groups in total. The molecule has 0 aliphatic carbocycles. The third kappa shape index (κ3) is 5.90. The Labute approximate surface area is 224 Å². The highest BCUT2D eigenvalue weighted by molar-refractivity contribution is 7.90. The molecule has 14 heteroatoms. The topological polar surface area (TPSA) is 164 Å². The Morgan fingerprint density at radius 2 is 1.89 bits per heavy atom. The number of halogens is 1. The second-order valence-electron chi connectivity index (χ2n) is 8.98. The van der Waals surface area contributed by atoms with Crippen molar-refractivity contribution in [2.75, 3.05) is 12.0 Å². The van der Waals surface area contributed by atoms with Crippen LogP contribution in [0.3, 0.4) is 0 Å². The van der Waals surface area contributed by atoms with Crippen LogP contribution in [0.15, 0.2) is 50.9 Å². The summed E-state index contributed by atoms with van der Waals surface area (Å²) in [5.41, 5.74) is 2.07. The van der Waals surface area contributed by atoms with Crippen LogP contribution in [0.2, 0.25) is 5.15 Å². The summed E-state index contributed by atoms with van der Waals surface area (Å²) >= 11 is 5.85. The van der Waals surface area contributed by atoms with Crippen LogP contribution < -0.4 is 15.3 Å². The first kappa shape index (κ1) is 27.8. The predicted octanol–water partition coefficient (Wildman–Crippen LogP) is 3.15. The minimum Gasteiger partial charge on any atom is -0.483 e. The third-order valence-corrected chi connectivity index (χ3v) is 7.75. The summed E-state index contributed by atoms with van der Waals surface area (Å²) in [7, 11) is -7.43. The van der Waals surface area contributed by atoms with Gasteiger partial charge in [0.2, 0.25) is 5.03 Å². The van der Waals surface area contributed by atoms with Crippen molar-refractivity contribution in [3.8, 4) is 17.1 Å². The lowest BCUT2D eigenvalue weighted by Crippen LogP contribution is -2.17. The highest BCUT2D eigenvalue weighted by Crippen LogP contribution is 2.34. The zero-order valence-electron chi connectivity index (χ0n) is 20.9. The molecule has 0 aliphatic rings. The molecule has 0 aliphatic heterocycles. The van der Waals surface area contributed by atoms with Gasteiger partial charge in [-0.15, -0.1) is 0 Å².